The minimum absolute atomic E-state index is 0.0385. The Morgan fingerprint density at radius 1 is 1.18 bits per heavy atom. The molecule has 1 amide bonds. The van der Waals surface area contributed by atoms with Crippen LogP contribution in [0.25, 0.3) is 10.7 Å². The monoisotopic (exact) mass is 399 g/mol. The second-order valence-corrected chi connectivity index (χ2v) is 8.10. The highest BCUT2D eigenvalue weighted by Crippen LogP contribution is 2.23. The number of tetrazole rings is 1. The topological polar surface area (TPSA) is 99.0 Å². The Balaban J connectivity index is 1.46. The SMILES string of the molecule is CC(C)(C)c1ccc(NC(=O)COC(=O)Cn2nnc(-c3cccs3)n2)cc1. The smallest absolute Gasteiger partial charge is 0.330 e. The lowest BCUT2D eigenvalue weighted by Gasteiger charge is -2.19. The standard InChI is InChI=1S/C19H21N5O3S/c1-19(2,3)13-6-8-14(9-7-13)20-16(25)12-27-17(26)11-24-22-18(21-23-24)15-5-4-10-28-15/h4-10H,11-12H2,1-3H3,(H,20,25). The molecule has 1 aromatic carbocycles. The van der Waals surface area contributed by atoms with E-state index in [-0.39, 0.29) is 18.6 Å². The van der Waals surface area contributed by atoms with Crippen molar-refractivity contribution in [3.05, 3.63) is 47.3 Å². The molecule has 0 atom stereocenters. The number of thiophene rings is 1. The summed E-state index contributed by atoms with van der Waals surface area (Å²) in [6, 6.07) is 11.3. The maximum absolute atomic E-state index is 12.0. The van der Waals surface area contributed by atoms with Crippen molar-refractivity contribution in [1.29, 1.82) is 0 Å². The molecule has 28 heavy (non-hydrogen) atoms. The van der Waals surface area contributed by atoms with Crippen LogP contribution in [0.2, 0.25) is 0 Å². The Labute approximate surface area is 166 Å². The molecule has 8 nitrogen and oxygen atoms in total. The van der Waals surface area contributed by atoms with Gasteiger partial charge in [-0.25, -0.2) is 4.79 Å². The summed E-state index contributed by atoms with van der Waals surface area (Å²) in [5, 5.41) is 16.4. The van der Waals surface area contributed by atoms with Crippen LogP contribution in [0.4, 0.5) is 5.69 Å². The lowest BCUT2D eigenvalue weighted by atomic mass is 9.87. The van der Waals surface area contributed by atoms with Gasteiger partial charge in [0, 0.05) is 5.69 Å². The van der Waals surface area contributed by atoms with Crippen LogP contribution in [-0.4, -0.2) is 38.7 Å². The average molecular weight is 399 g/mol. The van der Waals surface area contributed by atoms with E-state index in [0.717, 1.165) is 9.67 Å². The molecule has 0 aliphatic carbocycles. The first-order chi connectivity index (χ1) is 13.3. The Morgan fingerprint density at radius 2 is 1.93 bits per heavy atom. The van der Waals surface area contributed by atoms with E-state index in [4.69, 9.17) is 4.74 Å². The number of nitrogens with one attached hydrogen (secondary N) is 1. The van der Waals surface area contributed by atoms with Crippen molar-refractivity contribution < 1.29 is 14.3 Å². The summed E-state index contributed by atoms with van der Waals surface area (Å²) in [7, 11) is 0. The van der Waals surface area contributed by atoms with Gasteiger partial charge in [0.1, 0.15) is 0 Å². The molecule has 3 rings (SSSR count). The molecule has 2 heterocycles. The zero-order valence-electron chi connectivity index (χ0n) is 15.9. The number of benzene rings is 1. The number of hydrogen-bond donors (Lipinski definition) is 1. The van der Waals surface area contributed by atoms with Crippen LogP contribution < -0.4 is 5.32 Å². The number of esters is 1. The molecule has 0 saturated heterocycles. The van der Waals surface area contributed by atoms with Crippen LogP contribution >= 0.6 is 11.3 Å². The number of amides is 1. The highest BCUT2D eigenvalue weighted by Gasteiger charge is 2.14. The molecule has 0 fully saturated rings. The number of ether oxygens (including phenoxy) is 1. The van der Waals surface area contributed by atoms with Gasteiger partial charge in [-0.1, -0.05) is 39.0 Å². The molecule has 9 heteroatoms. The molecule has 0 aliphatic rings. The van der Waals surface area contributed by atoms with Gasteiger partial charge in [-0.2, -0.15) is 4.80 Å². The zero-order chi connectivity index (χ0) is 20.1. The minimum atomic E-state index is -0.617. The number of aromatic nitrogens is 4. The molecule has 2 aromatic heterocycles. The highest BCUT2D eigenvalue weighted by molar-refractivity contribution is 7.13. The normalized spacial score (nSPS) is 11.2. The third kappa shape index (κ3) is 5.23. The van der Waals surface area contributed by atoms with Crippen LogP contribution in [0.15, 0.2) is 41.8 Å². The predicted octanol–water partition coefficient (Wildman–Crippen LogP) is 2.88. The van der Waals surface area contributed by atoms with E-state index in [1.165, 1.54) is 16.9 Å². The summed E-state index contributed by atoms with van der Waals surface area (Å²) in [5.41, 5.74) is 1.85. The fourth-order valence-corrected chi connectivity index (χ4v) is 3.02. The van der Waals surface area contributed by atoms with Gasteiger partial charge in [-0.3, -0.25) is 4.79 Å². The molecule has 0 spiro atoms. The van der Waals surface area contributed by atoms with Crippen molar-refractivity contribution in [2.45, 2.75) is 32.7 Å². The van der Waals surface area contributed by atoms with E-state index in [0.29, 0.717) is 11.5 Å². The third-order valence-corrected chi connectivity index (χ3v) is 4.73. The second kappa shape index (κ2) is 8.30. The van der Waals surface area contributed by atoms with E-state index in [1.807, 2.05) is 41.8 Å². The maximum Gasteiger partial charge on any atom is 0.330 e. The van der Waals surface area contributed by atoms with Crippen molar-refractivity contribution in [3.63, 3.8) is 0 Å². The van der Waals surface area contributed by atoms with Gasteiger partial charge in [0.15, 0.2) is 13.2 Å². The van der Waals surface area contributed by atoms with E-state index in [1.54, 1.807) is 0 Å². The second-order valence-electron chi connectivity index (χ2n) is 7.16. The Bertz CT molecular complexity index is 943. The molecule has 0 radical (unpaired) electrons. The van der Waals surface area contributed by atoms with E-state index in [9.17, 15) is 9.59 Å². The van der Waals surface area contributed by atoms with Crippen LogP contribution in [0.1, 0.15) is 26.3 Å². The van der Waals surface area contributed by atoms with Crippen molar-refractivity contribution in [3.8, 4) is 10.7 Å². The van der Waals surface area contributed by atoms with Crippen molar-refractivity contribution in [1.82, 2.24) is 20.2 Å². The number of hydrogen-bond acceptors (Lipinski definition) is 7. The van der Waals surface area contributed by atoms with E-state index >= 15 is 0 Å². The summed E-state index contributed by atoms with van der Waals surface area (Å²) in [4.78, 5) is 25.9. The van der Waals surface area contributed by atoms with Gasteiger partial charge in [0.2, 0.25) is 5.82 Å². The largest absolute Gasteiger partial charge is 0.454 e. The lowest BCUT2D eigenvalue weighted by Crippen LogP contribution is -2.23. The molecule has 0 aliphatic heterocycles. The lowest BCUT2D eigenvalue weighted by molar-refractivity contribution is -0.148. The Kier molecular flexibility index (Phi) is 5.84. The van der Waals surface area contributed by atoms with Gasteiger partial charge in [0.25, 0.3) is 5.91 Å². The van der Waals surface area contributed by atoms with Gasteiger partial charge < -0.3 is 10.1 Å². The number of anilines is 1. The maximum atomic E-state index is 12.0. The third-order valence-electron chi connectivity index (χ3n) is 3.86. The molecule has 0 saturated carbocycles. The molecular weight excluding hydrogens is 378 g/mol. The zero-order valence-corrected chi connectivity index (χ0v) is 16.7. The van der Waals surface area contributed by atoms with Gasteiger partial charge in [0.05, 0.1) is 4.88 Å². The van der Waals surface area contributed by atoms with Crippen LogP contribution in [0.3, 0.4) is 0 Å². The molecule has 0 unspecified atom stereocenters. The van der Waals surface area contributed by atoms with Gasteiger partial charge in [-0.05, 0) is 39.8 Å². The van der Waals surface area contributed by atoms with Gasteiger partial charge >= 0.3 is 5.97 Å². The quantitative estimate of drug-likeness (QED) is 0.640. The highest BCUT2D eigenvalue weighted by atomic mass is 32.1. The average Bonchev–Trinajstić information content (AvgIpc) is 3.31. The molecule has 0 bridgehead atoms. The van der Waals surface area contributed by atoms with E-state index < -0.39 is 11.9 Å². The number of rotatable bonds is 6. The fraction of sp³-hybridized carbons (Fsp3) is 0.316. The number of nitrogens with zero attached hydrogens (tertiary/aromatic N) is 4. The number of carbonyl (C=O) groups excluding carboxylic acids is 2. The summed E-state index contributed by atoms with van der Waals surface area (Å²) in [5.74, 6) is -0.588. The Hall–Kier alpha value is -3.07. The van der Waals surface area contributed by atoms with Gasteiger partial charge in [-0.15, -0.1) is 21.5 Å². The van der Waals surface area contributed by atoms with Crippen LogP contribution in [-0.2, 0) is 26.3 Å². The summed E-state index contributed by atoms with van der Waals surface area (Å²) in [6.07, 6.45) is 0. The summed E-state index contributed by atoms with van der Waals surface area (Å²) < 4.78 is 4.98. The Morgan fingerprint density at radius 3 is 2.57 bits per heavy atom. The fourth-order valence-electron chi connectivity index (χ4n) is 2.37. The van der Waals surface area contributed by atoms with Crippen LogP contribution in [0, 0.1) is 0 Å². The predicted molar refractivity (Wildman–Crippen MR) is 106 cm³/mol. The number of carbonyl (C=O) groups is 2. The first-order valence-corrected chi connectivity index (χ1v) is 9.57. The molecular formula is C19H21N5O3S. The molecule has 3 aromatic rings. The first kappa shape index (κ1) is 19.7. The minimum Gasteiger partial charge on any atom is -0.454 e. The van der Waals surface area contributed by atoms with Crippen LogP contribution in [0.5, 0.6) is 0 Å². The van der Waals surface area contributed by atoms with Crippen molar-refractivity contribution in [2.75, 3.05) is 11.9 Å². The molecule has 146 valence electrons. The van der Waals surface area contributed by atoms with Crippen molar-refractivity contribution >= 4 is 28.9 Å². The summed E-state index contributed by atoms with van der Waals surface area (Å²) >= 11 is 1.48. The first-order valence-electron chi connectivity index (χ1n) is 8.69. The van der Waals surface area contributed by atoms with Crippen molar-refractivity contribution in [2.24, 2.45) is 0 Å². The molecule has 1 N–H and O–H groups in total. The van der Waals surface area contributed by atoms with E-state index in [2.05, 4.69) is 41.5 Å². The summed E-state index contributed by atoms with van der Waals surface area (Å²) in [6.45, 7) is 5.76.